The lowest BCUT2D eigenvalue weighted by Gasteiger charge is -2.19. The third-order valence-corrected chi connectivity index (χ3v) is 2.12. The largest absolute Gasteiger partial charge is 0.477 e. The molecule has 0 aliphatic carbocycles. The van der Waals surface area contributed by atoms with Gasteiger partial charge in [-0.15, -0.1) is 0 Å². The van der Waals surface area contributed by atoms with Gasteiger partial charge in [-0.1, -0.05) is 0 Å². The second-order valence-corrected chi connectivity index (χ2v) is 3.53. The van der Waals surface area contributed by atoms with Gasteiger partial charge in [0.2, 0.25) is 0 Å². The van der Waals surface area contributed by atoms with E-state index < -0.39 is 40.6 Å². The summed E-state index contributed by atoms with van der Waals surface area (Å²) in [7, 11) is 1.05. The van der Waals surface area contributed by atoms with Crippen molar-refractivity contribution in [2.24, 2.45) is 10.7 Å². The number of nitrogens with zero attached hydrogens (tertiary/aromatic N) is 3. The second-order valence-electron chi connectivity index (χ2n) is 3.53. The lowest BCUT2D eigenvalue weighted by atomic mass is 10.0. The van der Waals surface area contributed by atoms with E-state index in [-0.39, 0.29) is 0 Å². The van der Waals surface area contributed by atoms with Crippen LogP contribution in [-0.4, -0.2) is 55.1 Å². The topological polar surface area (TPSA) is 162 Å². The fourth-order valence-corrected chi connectivity index (χ4v) is 1.33. The number of carboxylic acids is 1. The fraction of sp³-hybridized carbons (Fsp3) is 0.200. The number of halogens is 1. The maximum absolute atomic E-state index is 12.8. The van der Waals surface area contributed by atoms with E-state index in [1.807, 2.05) is 0 Å². The average molecular weight is 286 g/mol. The maximum atomic E-state index is 12.8. The minimum absolute atomic E-state index is 0.451. The van der Waals surface area contributed by atoms with Crippen molar-refractivity contribution in [3.63, 3.8) is 0 Å². The molecule has 0 saturated heterocycles. The predicted molar refractivity (Wildman–Crippen MR) is 63.5 cm³/mol. The molecule has 0 unspecified atom stereocenters. The summed E-state index contributed by atoms with van der Waals surface area (Å²) in [5.74, 6) is -6.37. The first-order valence-electron chi connectivity index (χ1n) is 5.04. The zero-order chi connectivity index (χ0) is 15.5. The molecule has 1 heterocycles. The van der Waals surface area contributed by atoms with E-state index in [0.29, 0.717) is 12.4 Å². The Morgan fingerprint density at radius 3 is 2.20 bits per heavy atom. The number of aliphatic hydroxyl groups is 3. The minimum Gasteiger partial charge on any atom is -0.477 e. The molecule has 108 valence electrons. The van der Waals surface area contributed by atoms with E-state index in [1.165, 1.54) is 0 Å². The quantitative estimate of drug-likeness (QED) is 0.243. The molecule has 0 bridgehead atoms. The third-order valence-electron chi connectivity index (χ3n) is 2.12. The number of aliphatic imine (C=N–C) groups is 1. The van der Waals surface area contributed by atoms with Gasteiger partial charge < -0.3 is 26.2 Å². The molecule has 0 aromatic carbocycles. The number of hydrogen-bond acceptors (Lipinski definition) is 8. The van der Waals surface area contributed by atoms with Crippen LogP contribution in [0.25, 0.3) is 5.57 Å². The van der Waals surface area contributed by atoms with Gasteiger partial charge in [0.25, 0.3) is 0 Å². The third kappa shape index (κ3) is 3.32. The van der Waals surface area contributed by atoms with Gasteiger partial charge in [-0.25, -0.2) is 19.2 Å². The Balaban J connectivity index is 3.57. The molecule has 1 aromatic heterocycles. The molecule has 0 radical (unpaired) electrons. The van der Waals surface area contributed by atoms with Crippen molar-refractivity contribution >= 4 is 17.3 Å². The summed E-state index contributed by atoms with van der Waals surface area (Å²) in [6.45, 7) is 0. The lowest BCUT2D eigenvalue weighted by Crippen LogP contribution is -2.40. The Morgan fingerprint density at radius 2 is 1.85 bits per heavy atom. The van der Waals surface area contributed by atoms with Gasteiger partial charge in [0.05, 0.1) is 18.0 Å². The molecule has 0 spiro atoms. The summed E-state index contributed by atoms with van der Waals surface area (Å²) in [6, 6.07) is 0. The van der Waals surface area contributed by atoms with Crippen molar-refractivity contribution in [2.45, 2.75) is 5.97 Å². The molecule has 0 aliphatic rings. The van der Waals surface area contributed by atoms with E-state index in [4.69, 9.17) is 26.2 Å². The highest BCUT2D eigenvalue weighted by atomic mass is 19.1. The minimum atomic E-state index is -3.47. The van der Waals surface area contributed by atoms with E-state index >= 15 is 0 Å². The zero-order valence-corrected chi connectivity index (χ0v) is 10.1. The van der Waals surface area contributed by atoms with Crippen LogP contribution >= 0.6 is 0 Å². The Morgan fingerprint density at radius 1 is 1.35 bits per heavy atom. The monoisotopic (exact) mass is 286 g/mol. The fourth-order valence-electron chi connectivity index (χ4n) is 1.33. The van der Waals surface area contributed by atoms with Gasteiger partial charge >= 0.3 is 11.9 Å². The number of carbonyl (C=O) groups is 1. The molecule has 0 fully saturated rings. The summed E-state index contributed by atoms with van der Waals surface area (Å²) in [5.41, 5.74) is 2.85. The number of aliphatic carboxylic acids is 1. The van der Waals surface area contributed by atoms with Crippen molar-refractivity contribution in [1.29, 1.82) is 0 Å². The van der Waals surface area contributed by atoms with E-state index in [2.05, 4.69) is 15.0 Å². The van der Waals surface area contributed by atoms with Crippen LogP contribution in [0.2, 0.25) is 0 Å². The first kappa shape index (κ1) is 15.6. The lowest BCUT2D eigenvalue weighted by molar-refractivity contribution is -0.254. The summed E-state index contributed by atoms with van der Waals surface area (Å²) in [5, 5.41) is 36.4. The molecule has 6 N–H and O–H groups in total. The molecular formula is C10H11FN4O5. The van der Waals surface area contributed by atoms with Crippen molar-refractivity contribution in [3.05, 3.63) is 29.7 Å². The molecular weight excluding hydrogens is 275 g/mol. The van der Waals surface area contributed by atoms with E-state index in [0.717, 1.165) is 7.05 Å². The Labute approximate surface area is 111 Å². The molecule has 1 aromatic rings. The normalized spacial score (nSPS) is 13.9. The highest BCUT2D eigenvalue weighted by molar-refractivity contribution is 6.29. The molecule has 9 nitrogen and oxygen atoms in total. The van der Waals surface area contributed by atoms with E-state index in [9.17, 15) is 9.18 Å². The molecule has 0 atom stereocenters. The number of carboxylic acid groups (broad SMARTS) is 1. The van der Waals surface area contributed by atoms with Gasteiger partial charge in [-0.3, -0.25) is 4.99 Å². The Hall–Kier alpha value is -2.43. The van der Waals surface area contributed by atoms with Gasteiger partial charge in [-0.2, -0.15) is 0 Å². The van der Waals surface area contributed by atoms with Crippen molar-refractivity contribution in [2.75, 3.05) is 7.05 Å². The summed E-state index contributed by atoms with van der Waals surface area (Å²) < 4.78 is 12.8. The van der Waals surface area contributed by atoms with Gasteiger partial charge in [-0.05, 0) is 0 Å². The van der Waals surface area contributed by atoms with Crippen LogP contribution in [-0.2, 0) is 4.79 Å². The Kier molecular flexibility index (Phi) is 4.45. The van der Waals surface area contributed by atoms with Crippen LogP contribution < -0.4 is 5.73 Å². The average Bonchev–Trinajstić information content (AvgIpc) is 2.34. The standard InChI is InChI=1S/C10H11FN4O5/c1-13-7(10(18,19)20)5(6(12)9(16)17)8-14-2-4(11)3-15-8/h2-3,18-20H,12H2,1H3,(H,16,17)/b6-5+,13-7?. The second kappa shape index (κ2) is 5.69. The van der Waals surface area contributed by atoms with Crippen LogP contribution in [0.15, 0.2) is 23.1 Å². The SMILES string of the molecule is CN=C(/C(=C(\N)C(=O)O)c1ncc(F)cn1)C(O)(O)O. The molecule has 0 amide bonds. The number of hydrogen-bond donors (Lipinski definition) is 5. The molecule has 10 heteroatoms. The van der Waals surface area contributed by atoms with Crippen molar-refractivity contribution in [1.82, 2.24) is 9.97 Å². The van der Waals surface area contributed by atoms with E-state index in [1.54, 1.807) is 0 Å². The van der Waals surface area contributed by atoms with Crippen LogP contribution in [0.3, 0.4) is 0 Å². The van der Waals surface area contributed by atoms with Gasteiger partial charge in [0, 0.05) is 7.05 Å². The highest BCUT2D eigenvalue weighted by Gasteiger charge is 2.35. The first-order valence-corrected chi connectivity index (χ1v) is 5.04. The summed E-state index contributed by atoms with van der Waals surface area (Å²) in [6.07, 6.45) is 1.41. The summed E-state index contributed by atoms with van der Waals surface area (Å²) in [4.78, 5) is 21.2. The number of nitrogens with two attached hydrogens (primary N) is 1. The van der Waals surface area contributed by atoms with Crippen LogP contribution in [0.1, 0.15) is 5.82 Å². The van der Waals surface area contributed by atoms with Gasteiger partial charge in [0.1, 0.15) is 11.4 Å². The maximum Gasteiger partial charge on any atom is 0.352 e. The Bertz CT molecular complexity index is 576. The predicted octanol–water partition coefficient (Wildman–Crippen LogP) is -1.93. The smallest absolute Gasteiger partial charge is 0.352 e. The number of rotatable bonds is 4. The van der Waals surface area contributed by atoms with Crippen LogP contribution in [0.5, 0.6) is 0 Å². The van der Waals surface area contributed by atoms with Crippen molar-refractivity contribution < 1.29 is 29.6 Å². The van der Waals surface area contributed by atoms with Crippen LogP contribution in [0, 0.1) is 5.82 Å². The van der Waals surface area contributed by atoms with Crippen LogP contribution in [0.4, 0.5) is 4.39 Å². The number of aromatic nitrogens is 2. The zero-order valence-electron chi connectivity index (χ0n) is 10.1. The van der Waals surface area contributed by atoms with Gasteiger partial charge in [0.15, 0.2) is 11.6 Å². The molecule has 1 rings (SSSR count). The molecule has 20 heavy (non-hydrogen) atoms. The highest BCUT2D eigenvalue weighted by Crippen LogP contribution is 2.20. The molecule has 0 saturated carbocycles. The first-order chi connectivity index (χ1) is 9.18. The summed E-state index contributed by atoms with van der Waals surface area (Å²) >= 11 is 0. The van der Waals surface area contributed by atoms with Crippen molar-refractivity contribution in [3.8, 4) is 0 Å². The molecule has 0 aliphatic heterocycles.